The summed E-state index contributed by atoms with van der Waals surface area (Å²) < 4.78 is 45.8. The van der Waals surface area contributed by atoms with Gasteiger partial charge in [0.2, 0.25) is 5.91 Å². The van der Waals surface area contributed by atoms with Crippen molar-refractivity contribution >= 4 is 29.0 Å². The van der Waals surface area contributed by atoms with Crippen LogP contribution in [0.3, 0.4) is 0 Å². The molecule has 2 heterocycles. The molecule has 0 unspecified atom stereocenters. The highest BCUT2D eigenvalue weighted by Crippen LogP contribution is 2.30. The standard InChI is InChI=1S/C22H17F3N4O2S/c1-14-3-2-4-18(11-14)31-17-8-6-16(7-9-17)26-20(30)13-32-21-28-27-19-10-5-15(12-29(19)21)22(23,24)25/h2-12H,13H2,1H3,(H,26,30). The second kappa shape index (κ2) is 8.91. The minimum atomic E-state index is -4.48. The Bertz CT molecular complexity index is 1260. The predicted molar refractivity (Wildman–Crippen MR) is 115 cm³/mol. The molecule has 4 aromatic rings. The highest BCUT2D eigenvalue weighted by Gasteiger charge is 2.31. The lowest BCUT2D eigenvalue weighted by Crippen LogP contribution is -2.14. The molecule has 164 valence electrons. The first-order chi connectivity index (χ1) is 15.3. The third-order valence-corrected chi connectivity index (χ3v) is 5.34. The molecule has 0 fully saturated rings. The van der Waals surface area contributed by atoms with Crippen molar-refractivity contribution in [2.24, 2.45) is 0 Å². The zero-order chi connectivity index (χ0) is 22.7. The summed E-state index contributed by atoms with van der Waals surface area (Å²) in [6.45, 7) is 1.97. The van der Waals surface area contributed by atoms with Gasteiger partial charge >= 0.3 is 6.18 Å². The maximum Gasteiger partial charge on any atom is 0.417 e. The summed E-state index contributed by atoms with van der Waals surface area (Å²) in [5, 5.41) is 10.6. The lowest BCUT2D eigenvalue weighted by Gasteiger charge is -2.09. The molecule has 6 nitrogen and oxygen atoms in total. The highest BCUT2D eigenvalue weighted by atomic mass is 32.2. The van der Waals surface area contributed by atoms with Crippen molar-refractivity contribution in [2.45, 2.75) is 18.3 Å². The molecule has 2 aromatic carbocycles. The van der Waals surface area contributed by atoms with Crippen LogP contribution in [0, 0.1) is 6.92 Å². The van der Waals surface area contributed by atoms with E-state index in [1.54, 1.807) is 24.3 Å². The second-order valence-electron chi connectivity index (χ2n) is 6.91. The van der Waals surface area contributed by atoms with Crippen molar-refractivity contribution < 1.29 is 22.7 Å². The fourth-order valence-corrected chi connectivity index (χ4v) is 3.60. The molecule has 1 amide bonds. The molecular formula is C22H17F3N4O2S. The van der Waals surface area contributed by atoms with Crippen molar-refractivity contribution in [3.05, 3.63) is 78.0 Å². The van der Waals surface area contributed by atoms with E-state index in [9.17, 15) is 18.0 Å². The summed E-state index contributed by atoms with van der Waals surface area (Å²) in [5.74, 6) is 0.968. The third-order valence-electron chi connectivity index (χ3n) is 4.39. The van der Waals surface area contributed by atoms with Crippen molar-refractivity contribution in [1.29, 1.82) is 0 Å². The summed E-state index contributed by atoms with van der Waals surface area (Å²) in [6.07, 6.45) is -3.56. The van der Waals surface area contributed by atoms with Crippen LogP contribution in [-0.2, 0) is 11.0 Å². The van der Waals surface area contributed by atoms with E-state index in [2.05, 4.69) is 15.5 Å². The van der Waals surface area contributed by atoms with Gasteiger partial charge in [-0.15, -0.1) is 10.2 Å². The summed E-state index contributed by atoms with van der Waals surface area (Å²) in [4.78, 5) is 12.3. The number of amides is 1. The number of halogens is 3. The van der Waals surface area contributed by atoms with Crippen LogP contribution in [0.4, 0.5) is 18.9 Å². The van der Waals surface area contributed by atoms with E-state index in [0.29, 0.717) is 17.2 Å². The summed E-state index contributed by atoms with van der Waals surface area (Å²) >= 11 is 0.995. The molecule has 1 N–H and O–H groups in total. The van der Waals surface area contributed by atoms with Crippen LogP contribution < -0.4 is 10.1 Å². The van der Waals surface area contributed by atoms with E-state index in [-0.39, 0.29) is 22.5 Å². The van der Waals surface area contributed by atoms with Crippen LogP contribution in [-0.4, -0.2) is 26.3 Å². The molecule has 0 saturated carbocycles. The maximum atomic E-state index is 12.9. The quantitative estimate of drug-likeness (QED) is 0.382. The number of thioether (sulfide) groups is 1. The van der Waals surface area contributed by atoms with Gasteiger partial charge in [0.05, 0.1) is 11.3 Å². The van der Waals surface area contributed by atoms with Crippen LogP contribution >= 0.6 is 11.8 Å². The zero-order valence-corrected chi connectivity index (χ0v) is 17.6. The molecule has 0 aliphatic heterocycles. The van der Waals surface area contributed by atoms with Crippen LogP contribution in [0.2, 0.25) is 0 Å². The molecule has 0 saturated heterocycles. The molecule has 4 rings (SSSR count). The van der Waals surface area contributed by atoms with Gasteiger partial charge in [-0.25, -0.2) is 0 Å². The molecule has 0 aliphatic carbocycles. The number of hydrogen-bond donors (Lipinski definition) is 1. The summed E-state index contributed by atoms with van der Waals surface area (Å²) in [7, 11) is 0. The third kappa shape index (κ3) is 5.20. The van der Waals surface area contributed by atoms with Gasteiger partial charge in [0.15, 0.2) is 10.8 Å². The number of fused-ring (bicyclic) bond motifs is 1. The smallest absolute Gasteiger partial charge is 0.417 e. The first-order valence-corrected chi connectivity index (χ1v) is 10.5. The SMILES string of the molecule is Cc1cccc(Oc2ccc(NC(=O)CSc3nnc4ccc(C(F)(F)F)cn34)cc2)c1. The Morgan fingerprint density at radius 2 is 1.84 bits per heavy atom. The van der Waals surface area contributed by atoms with Crippen LogP contribution in [0.5, 0.6) is 11.5 Å². The molecule has 0 aliphatic rings. The van der Waals surface area contributed by atoms with Gasteiger partial charge in [-0.3, -0.25) is 9.20 Å². The number of anilines is 1. The lowest BCUT2D eigenvalue weighted by molar-refractivity contribution is -0.137. The van der Waals surface area contributed by atoms with Crippen molar-refractivity contribution in [1.82, 2.24) is 14.6 Å². The van der Waals surface area contributed by atoms with E-state index in [4.69, 9.17) is 4.74 Å². The number of carbonyl (C=O) groups is 1. The number of pyridine rings is 1. The molecule has 32 heavy (non-hydrogen) atoms. The largest absolute Gasteiger partial charge is 0.457 e. The van der Waals surface area contributed by atoms with E-state index >= 15 is 0 Å². The lowest BCUT2D eigenvalue weighted by atomic mass is 10.2. The van der Waals surface area contributed by atoms with Crippen LogP contribution in [0.15, 0.2) is 72.0 Å². The minimum Gasteiger partial charge on any atom is -0.457 e. The first kappa shape index (κ1) is 21.7. The van der Waals surface area contributed by atoms with Crippen LogP contribution in [0.25, 0.3) is 5.65 Å². The number of rotatable bonds is 6. The molecule has 0 spiro atoms. The number of hydrogen-bond acceptors (Lipinski definition) is 5. The van der Waals surface area contributed by atoms with E-state index in [1.165, 1.54) is 10.5 Å². The van der Waals surface area contributed by atoms with Gasteiger partial charge in [-0.1, -0.05) is 23.9 Å². The van der Waals surface area contributed by atoms with Gasteiger partial charge in [-0.2, -0.15) is 13.2 Å². The first-order valence-electron chi connectivity index (χ1n) is 9.47. The Kier molecular flexibility index (Phi) is 6.04. The Morgan fingerprint density at radius 3 is 2.56 bits per heavy atom. The van der Waals surface area contributed by atoms with Gasteiger partial charge < -0.3 is 10.1 Å². The molecule has 0 atom stereocenters. The van der Waals surface area contributed by atoms with Crippen LogP contribution in [0.1, 0.15) is 11.1 Å². The number of ether oxygens (including phenoxy) is 1. The normalized spacial score (nSPS) is 11.5. The fraction of sp³-hybridized carbons (Fsp3) is 0.136. The predicted octanol–water partition coefficient (Wildman–Crippen LogP) is 5.58. The monoisotopic (exact) mass is 458 g/mol. The van der Waals surface area contributed by atoms with Gasteiger partial charge in [0.1, 0.15) is 11.5 Å². The van der Waals surface area contributed by atoms with Crippen molar-refractivity contribution in [2.75, 3.05) is 11.1 Å². The topological polar surface area (TPSA) is 68.5 Å². The molecule has 0 radical (unpaired) electrons. The van der Waals surface area contributed by atoms with Crippen molar-refractivity contribution in [3.8, 4) is 11.5 Å². The number of aromatic nitrogens is 3. The number of benzene rings is 2. The van der Waals surface area contributed by atoms with E-state index in [0.717, 1.165) is 29.6 Å². The number of aryl methyl sites for hydroxylation is 1. The fourth-order valence-electron chi connectivity index (χ4n) is 2.88. The van der Waals surface area contributed by atoms with E-state index in [1.807, 2.05) is 31.2 Å². The van der Waals surface area contributed by atoms with Gasteiger partial charge in [-0.05, 0) is 61.0 Å². The summed E-state index contributed by atoms with van der Waals surface area (Å²) in [5.41, 5.74) is 1.10. The average molecular weight is 458 g/mol. The number of nitrogens with one attached hydrogen (secondary N) is 1. The summed E-state index contributed by atoms with van der Waals surface area (Å²) in [6, 6.07) is 16.7. The highest BCUT2D eigenvalue weighted by molar-refractivity contribution is 7.99. The number of nitrogens with zero attached hydrogens (tertiary/aromatic N) is 3. The van der Waals surface area contributed by atoms with Gasteiger partial charge in [0.25, 0.3) is 0 Å². The molecule has 0 bridgehead atoms. The Balaban J connectivity index is 1.36. The Labute approximate surface area is 185 Å². The zero-order valence-electron chi connectivity index (χ0n) is 16.8. The molecular weight excluding hydrogens is 441 g/mol. The van der Waals surface area contributed by atoms with Gasteiger partial charge in [0, 0.05) is 11.9 Å². The Morgan fingerprint density at radius 1 is 1.06 bits per heavy atom. The van der Waals surface area contributed by atoms with E-state index < -0.39 is 11.7 Å². The maximum absolute atomic E-state index is 12.9. The Hall–Kier alpha value is -3.53. The minimum absolute atomic E-state index is 0.0431. The average Bonchev–Trinajstić information content (AvgIpc) is 3.15. The second-order valence-corrected chi connectivity index (χ2v) is 7.85. The molecule has 10 heteroatoms. The van der Waals surface area contributed by atoms with Crippen molar-refractivity contribution in [3.63, 3.8) is 0 Å². The number of carbonyl (C=O) groups excluding carboxylic acids is 1. The molecule has 2 aromatic heterocycles. The number of alkyl halides is 3.